The van der Waals surface area contributed by atoms with Crippen LogP contribution in [-0.4, -0.2) is 28.6 Å². The summed E-state index contributed by atoms with van der Waals surface area (Å²) >= 11 is 0. The van der Waals surface area contributed by atoms with Crippen LogP contribution in [0.25, 0.3) is 5.78 Å². The molecule has 5 nitrogen and oxygen atoms in total. The molecule has 2 aromatic heterocycles. The van der Waals surface area contributed by atoms with Crippen molar-refractivity contribution in [2.24, 2.45) is 5.41 Å². The van der Waals surface area contributed by atoms with E-state index in [1.54, 1.807) is 14.2 Å². The van der Waals surface area contributed by atoms with Crippen molar-refractivity contribution in [3.8, 4) is 11.8 Å². The molecule has 1 saturated carbocycles. The van der Waals surface area contributed by atoms with Crippen LogP contribution in [0.15, 0.2) is 6.07 Å². The number of aromatic nitrogens is 3. The maximum atomic E-state index is 5.55. The number of hydrogen-bond acceptors (Lipinski definition) is 4. The molecule has 0 aliphatic heterocycles. The lowest BCUT2D eigenvalue weighted by molar-refractivity contribution is 0.248. The number of ether oxygens (including phenoxy) is 2. The van der Waals surface area contributed by atoms with Crippen LogP contribution in [-0.2, 0) is 12.8 Å². The lowest BCUT2D eigenvalue weighted by Gasteiger charge is -2.32. The molecule has 0 unspecified atom stereocenters. The molecule has 2 aromatic rings. The van der Waals surface area contributed by atoms with Crippen LogP contribution >= 0.6 is 0 Å². The number of aryl methyl sites for hydroxylation is 1. The monoisotopic (exact) mass is 287 g/mol. The summed E-state index contributed by atoms with van der Waals surface area (Å²) in [7, 11) is 3.31. The first-order valence-corrected chi connectivity index (χ1v) is 7.74. The third-order valence-electron chi connectivity index (χ3n) is 5.23. The molecule has 0 saturated heterocycles. The molecule has 0 atom stereocenters. The van der Waals surface area contributed by atoms with Crippen molar-refractivity contribution in [3.05, 3.63) is 17.5 Å². The Morgan fingerprint density at radius 1 is 1.10 bits per heavy atom. The molecule has 1 fully saturated rings. The Bertz CT molecular complexity index is 686. The van der Waals surface area contributed by atoms with Gasteiger partial charge in [-0.2, -0.15) is 4.98 Å². The Hall–Kier alpha value is -1.78. The summed E-state index contributed by atoms with van der Waals surface area (Å²) in [6, 6.07) is 1.84. The molecule has 0 amide bonds. The van der Waals surface area contributed by atoms with Gasteiger partial charge in [0.1, 0.15) is 0 Å². The van der Waals surface area contributed by atoms with Gasteiger partial charge < -0.3 is 9.47 Å². The number of nitrogens with zero attached hydrogens (tertiary/aromatic N) is 3. The Morgan fingerprint density at radius 2 is 1.90 bits per heavy atom. The van der Waals surface area contributed by atoms with E-state index in [4.69, 9.17) is 14.5 Å². The van der Waals surface area contributed by atoms with Gasteiger partial charge in [-0.25, -0.2) is 4.98 Å². The highest BCUT2D eigenvalue weighted by atomic mass is 16.5. The smallest absolute Gasteiger partial charge is 0.240 e. The summed E-state index contributed by atoms with van der Waals surface area (Å²) in [5.74, 6) is 2.02. The van der Waals surface area contributed by atoms with Crippen LogP contribution in [0.5, 0.6) is 11.8 Å². The first-order chi connectivity index (χ1) is 10.2. The van der Waals surface area contributed by atoms with Crippen molar-refractivity contribution < 1.29 is 9.47 Å². The summed E-state index contributed by atoms with van der Waals surface area (Å²) in [5.41, 5.74) is 2.98. The van der Waals surface area contributed by atoms with Crippen molar-refractivity contribution in [2.45, 2.75) is 44.9 Å². The highest BCUT2D eigenvalue weighted by molar-refractivity contribution is 5.44. The number of hydrogen-bond donors (Lipinski definition) is 0. The number of fused-ring (bicyclic) bond motifs is 3. The molecule has 0 bridgehead atoms. The van der Waals surface area contributed by atoms with Gasteiger partial charge in [0.05, 0.1) is 31.7 Å². The second kappa shape index (κ2) is 4.61. The largest absolute Gasteiger partial charge is 0.482 e. The lowest BCUT2D eigenvalue weighted by Crippen LogP contribution is -2.26. The highest BCUT2D eigenvalue weighted by Gasteiger charge is 2.39. The first kappa shape index (κ1) is 12.9. The number of imidazole rings is 1. The topological polar surface area (TPSA) is 48.7 Å². The van der Waals surface area contributed by atoms with Crippen molar-refractivity contribution >= 4 is 5.78 Å². The molecule has 21 heavy (non-hydrogen) atoms. The van der Waals surface area contributed by atoms with E-state index >= 15 is 0 Å². The van der Waals surface area contributed by atoms with Crippen molar-refractivity contribution in [2.75, 3.05) is 14.2 Å². The Labute approximate surface area is 124 Å². The maximum absolute atomic E-state index is 5.55. The van der Waals surface area contributed by atoms with Crippen LogP contribution in [0.3, 0.4) is 0 Å². The molecule has 0 radical (unpaired) electrons. The van der Waals surface area contributed by atoms with Crippen LogP contribution in [0, 0.1) is 5.41 Å². The quantitative estimate of drug-likeness (QED) is 0.852. The minimum absolute atomic E-state index is 0.494. The van der Waals surface area contributed by atoms with Gasteiger partial charge in [-0.15, -0.1) is 0 Å². The second-order valence-corrected chi connectivity index (χ2v) is 6.37. The predicted octanol–water partition coefficient (Wildman–Crippen LogP) is 2.80. The van der Waals surface area contributed by atoms with Crippen molar-refractivity contribution in [3.63, 3.8) is 0 Å². The summed E-state index contributed by atoms with van der Waals surface area (Å²) < 4.78 is 12.9. The number of methoxy groups -OCH3 is 2. The van der Waals surface area contributed by atoms with E-state index in [9.17, 15) is 0 Å². The molecule has 112 valence electrons. The molecule has 2 aliphatic rings. The van der Waals surface area contributed by atoms with Gasteiger partial charge in [0.2, 0.25) is 17.5 Å². The van der Waals surface area contributed by atoms with E-state index in [0.29, 0.717) is 17.1 Å². The Morgan fingerprint density at radius 3 is 2.62 bits per heavy atom. The summed E-state index contributed by atoms with van der Waals surface area (Å²) in [6.07, 6.45) is 8.88. The molecule has 1 spiro atoms. The zero-order valence-electron chi connectivity index (χ0n) is 12.7. The summed E-state index contributed by atoms with van der Waals surface area (Å²) in [6.45, 7) is 0. The van der Waals surface area contributed by atoms with Gasteiger partial charge in [0.25, 0.3) is 0 Å². The molecule has 5 heteroatoms. The summed E-state index contributed by atoms with van der Waals surface area (Å²) in [4.78, 5) is 9.19. The maximum Gasteiger partial charge on any atom is 0.240 e. The average molecular weight is 287 g/mol. The van der Waals surface area contributed by atoms with Crippen LogP contribution in [0.1, 0.15) is 43.5 Å². The van der Waals surface area contributed by atoms with E-state index < -0.39 is 0 Å². The molecular formula is C16H21N3O2. The zero-order chi connectivity index (χ0) is 14.4. The zero-order valence-corrected chi connectivity index (χ0v) is 12.7. The normalized spacial score (nSPS) is 19.9. The van der Waals surface area contributed by atoms with Gasteiger partial charge in [-0.05, 0) is 37.5 Å². The van der Waals surface area contributed by atoms with E-state index in [0.717, 1.165) is 18.7 Å². The predicted molar refractivity (Wildman–Crippen MR) is 79.0 cm³/mol. The lowest BCUT2D eigenvalue weighted by atomic mass is 9.73. The molecule has 4 rings (SSSR count). The van der Waals surface area contributed by atoms with E-state index in [1.807, 2.05) is 6.07 Å². The van der Waals surface area contributed by atoms with Gasteiger partial charge in [0.15, 0.2) is 0 Å². The fourth-order valence-corrected chi connectivity index (χ4v) is 4.11. The third-order valence-corrected chi connectivity index (χ3v) is 5.23. The molecule has 2 heterocycles. The SMILES string of the molecule is COc1cc(OC)n2c3c(nc2n1)CCC1(CCCC1)C3. The van der Waals surface area contributed by atoms with E-state index in [2.05, 4.69) is 9.38 Å². The molecular weight excluding hydrogens is 266 g/mol. The Kier molecular flexibility index (Phi) is 2.84. The van der Waals surface area contributed by atoms with E-state index in [1.165, 1.54) is 43.5 Å². The van der Waals surface area contributed by atoms with Gasteiger partial charge in [-0.3, -0.25) is 4.40 Å². The van der Waals surface area contributed by atoms with Gasteiger partial charge in [0, 0.05) is 0 Å². The molecule has 0 aromatic carbocycles. The summed E-state index contributed by atoms with van der Waals surface area (Å²) in [5, 5.41) is 0. The van der Waals surface area contributed by atoms with Crippen molar-refractivity contribution in [1.29, 1.82) is 0 Å². The minimum atomic E-state index is 0.494. The van der Waals surface area contributed by atoms with Crippen LogP contribution in [0.2, 0.25) is 0 Å². The van der Waals surface area contributed by atoms with E-state index in [-0.39, 0.29) is 0 Å². The first-order valence-electron chi connectivity index (χ1n) is 7.74. The average Bonchev–Trinajstić information content (AvgIpc) is 3.11. The van der Waals surface area contributed by atoms with Crippen molar-refractivity contribution in [1.82, 2.24) is 14.4 Å². The molecule has 0 N–H and O–H groups in total. The van der Waals surface area contributed by atoms with Crippen LogP contribution in [0.4, 0.5) is 0 Å². The standard InChI is InChI=1S/C16H21N3O2/c1-20-13-9-14(21-2)19-12-10-16(6-3-4-7-16)8-5-11(12)17-15(19)18-13/h9H,3-8,10H2,1-2H3. The van der Waals surface area contributed by atoms with Crippen LogP contribution < -0.4 is 9.47 Å². The fraction of sp³-hybridized carbons (Fsp3) is 0.625. The fourth-order valence-electron chi connectivity index (χ4n) is 4.11. The second-order valence-electron chi connectivity index (χ2n) is 6.37. The third kappa shape index (κ3) is 1.90. The van der Waals surface area contributed by atoms with Gasteiger partial charge >= 0.3 is 0 Å². The number of rotatable bonds is 2. The molecule has 2 aliphatic carbocycles. The Balaban J connectivity index is 1.87. The van der Waals surface area contributed by atoms with Gasteiger partial charge in [-0.1, -0.05) is 12.8 Å². The minimum Gasteiger partial charge on any atom is -0.482 e. The highest BCUT2D eigenvalue weighted by Crippen LogP contribution is 2.48.